The molecule has 0 N–H and O–H groups in total. The fourth-order valence-electron chi connectivity index (χ4n) is 4.95. The topological polar surface area (TPSA) is 65.0 Å². The van der Waals surface area contributed by atoms with Gasteiger partial charge in [-0.15, -0.1) is 0 Å². The zero-order valence-corrected chi connectivity index (χ0v) is 20.8. The second-order valence-corrected chi connectivity index (χ2v) is 9.42. The van der Waals surface area contributed by atoms with Gasteiger partial charge in [-0.25, -0.2) is 15.0 Å². The molecule has 0 bridgehead atoms. The zero-order valence-electron chi connectivity index (χ0n) is 25.0. The van der Waals surface area contributed by atoms with Crippen LogP contribution >= 0.6 is 11.6 Å². The first-order chi connectivity index (χ1) is 21.3. The molecule has 184 valence electrons. The van der Waals surface area contributed by atoms with Crippen molar-refractivity contribution in [2.75, 3.05) is 0 Å². The van der Waals surface area contributed by atoms with E-state index < -0.39 is 30.2 Å². The van der Waals surface area contributed by atoms with Crippen LogP contribution in [0.4, 0.5) is 0 Å². The smallest absolute Gasteiger partial charge is 0.164 e. The minimum atomic E-state index is -0.502. The van der Waals surface area contributed by atoms with E-state index in [2.05, 4.69) is 4.98 Å². The molecule has 8 rings (SSSR count). The van der Waals surface area contributed by atoms with E-state index in [9.17, 15) is 0 Å². The highest BCUT2D eigenvalue weighted by atomic mass is 35.5. The van der Waals surface area contributed by atoms with Crippen LogP contribution in [0.25, 0.3) is 78.0 Å². The lowest BCUT2D eigenvalue weighted by molar-refractivity contribution is 0.668. The monoisotopic (exact) mass is 528 g/mol. The summed E-state index contributed by atoms with van der Waals surface area (Å²) in [6.45, 7) is 0. The lowest BCUT2D eigenvalue weighted by atomic mass is 10.1. The summed E-state index contributed by atoms with van der Waals surface area (Å²) < 4.78 is 54.0. The maximum atomic E-state index is 8.61. The first kappa shape index (κ1) is 17.5. The molecule has 0 spiro atoms. The molecule has 3 aromatic heterocycles. The Morgan fingerprint density at radius 3 is 2.08 bits per heavy atom. The maximum absolute atomic E-state index is 8.61. The van der Waals surface area contributed by atoms with Gasteiger partial charge in [-0.05, 0) is 36.4 Å². The Morgan fingerprint density at radius 2 is 1.26 bits per heavy atom. The highest BCUT2D eigenvalue weighted by molar-refractivity contribution is 6.36. The Balaban J connectivity index is 1.44. The average molecular weight is 529 g/mol. The number of rotatable bonds is 3. The largest absolute Gasteiger partial charge is 0.456 e. The molecule has 0 radical (unpaired) electrons. The standard InChI is InChI=1S/C33H18ClN3O2/c34-25-17-16-24(29-23-11-5-7-13-27(23)39-30(25)29)33-36-31(19-8-2-1-3-9-19)35-32(37-33)20-14-15-22-21-10-4-6-12-26(21)38-28(22)18-20/h1-18H/i1D,2D,3D,8D,9D. The summed E-state index contributed by atoms with van der Waals surface area (Å²) in [5, 5.41) is 3.80. The molecule has 0 amide bonds. The third-order valence-electron chi connectivity index (χ3n) is 6.71. The molecule has 3 heterocycles. The number of nitrogens with zero attached hydrogens (tertiary/aromatic N) is 3. The molecule has 0 aliphatic carbocycles. The number of benzene rings is 5. The van der Waals surface area contributed by atoms with Gasteiger partial charge in [-0.3, -0.25) is 0 Å². The van der Waals surface area contributed by atoms with E-state index >= 15 is 0 Å². The molecular weight excluding hydrogens is 506 g/mol. The van der Waals surface area contributed by atoms with Gasteiger partial charge >= 0.3 is 0 Å². The van der Waals surface area contributed by atoms with Crippen molar-refractivity contribution < 1.29 is 15.7 Å². The summed E-state index contributed by atoms with van der Waals surface area (Å²) in [7, 11) is 0. The van der Waals surface area contributed by atoms with Gasteiger partial charge in [0, 0.05) is 38.2 Å². The van der Waals surface area contributed by atoms with E-state index in [1.807, 2.05) is 66.7 Å². The summed E-state index contributed by atoms with van der Waals surface area (Å²) in [6.07, 6.45) is 0. The highest BCUT2D eigenvalue weighted by Crippen LogP contribution is 2.40. The number of fused-ring (bicyclic) bond motifs is 6. The van der Waals surface area contributed by atoms with E-state index in [0.29, 0.717) is 38.3 Å². The van der Waals surface area contributed by atoms with E-state index in [1.54, 1.807) is 12.1 Å². The van der Waals surface area contributed by atoms with Gasteiger partial charge in [0.05, 0.1) is 11.9 Å². The molecule has 0 saturated carbocycles. The van der Waals surface area contributed by atoms with E-state index in [-0.39, 0.29) is 23.0 Å². The van der Waals surface area contributed by atoms with Gasteiger partial charge in [0.15, 0.2) is 23.1 Å². The average Bonchev–Trinajstić information content (AvgIpc) is 3.62. The molecule has 5 aromatic carbocycles. The van der Waals surface area contributed by atoms with Crippen LogP contribution in [0.15, 0.2) is 118 Å². The highest BCUT2D eigenvalue weighted by Gasteiger charge is 2.20. The van der Waals surface area contributed by atoms with Crippen molar-refractivity contribution in [3.63, 3.8) is 0 Å². The Labute approximate surface area is 234 Å². The molecule has 0 atom stereocenters. The molecule has 39 heavy (non-hydrogen) atoms. The van der Waals surface area contributed by atoms with Crippen LogP contribution in [0, 0.1) is 0 Å². The number of aromatic nitrogens is 3. The van der Waals surface area contributed by atoms with Gasteiger partial charge < -0.3 is 8.83 Å². The van der Waals surface area contributed by atoms with Crippen LogP contribution in [0.5, 0.6) is 0 Å². The fraction of sp³-hybridized carbons (Fsp3) is 0. The summed E-state index contributed by atoms with van der Waals surface area (Å²) in [4.78, 5) is 14.2. The second kappa shape index (κ2) is 8.51. The first-order valence-electron chi connectivity index (χ1n) is 14.7. The Kier molecular flexibility index (Phi) is 3.82. The molecule has 0 saturated heterocycles. The molecule has 0 aliphatic rings. The van der Waals surface area contributed by atoms with Crippen LogP contribution in [-0.4, -0.2) is 15.0 Å². The molecule has 0 unspecified atom stereocenters. The van der Waals surface area contributed by atoms with E-state index in [1.165, 1.54) is 0 Å². The van der Waals surface area contributed by atoms with Crippen LogP contribution < -0.4 is 0 Å². The van der Waals surface area contributed by atoms with Gasteiger partial charge in [-0.2, -0.15) is 0 Å². The molecule has 5 nitrogen and oxygen atoms in total. The van der Waals surface area contributed by atoms with Crippen LogP contribution in [0.3, 0.4) is 0 Å². The lowest BCUT2D eigenvalue weighted by Gasteiger charge is -2.09. The number of halogens is 1. The predicted molar refractivity (Wildman–Crippen MR) is 156 cm³/mol. The van der Waals surface area contributed by atoms with Gasteiger partial charge in [0.25, 0.3) is 0 Å². The summed E-state index contributed by atoms with van der Waals surface area (Å²) >= 11 is 6.56. The van der Waals surface area contributed by atoms with Gasteiger partial charge in [0.2, 0.25) is 0 Å². The molecular formula is C33H18ClN3O2. The van der Waals surface area contributed by atoms with Crippen molar-refractivity contribution in [1.29, 1.82) is 0 Å². The van der Waals surface area contributed by atoms with E-state index in [4.69, 9.17) is 37.3 Å². The van der Waals surface area contributed by atoms with Gasteiger partial charge in [0.1, 0.15) is 16.7 Å². The van der Waals surface area contributed by atoms with E-state index in [0.717, 1.165) is 21.7 Å². The molecule has 0 aliphatic heterocycles. The van der Waals surface area contributed by atoms with Gasteiger partial charge in [-0.1, -0.05) is 84.3 Å². The molecule has 0 fully saturated rings. The number of hydrogen-bond acceptors (Lipinski definition) is 5. The normalized spacial score (nSPS) is 13.5. The SMILES string of the molecule is [2H]c1c([2H])c([2H])c(-c2nc(-c3ccc4c(c3)oc3ccccc34)nc(-c3ccc(Cl)c4oc5ccccc5c34)n2)c([2H])c1[2H]. The quantitative estimate of drug-likeness (QED) is 0.228. The van der Waals surface area contributed by atoms with Crippen molar-refractivity contribution in [1.82, 2.24) is 15.0 Å². The zero-order chi connectivity index (χ0) is 30.3. The third kappa shape index (κ3) is 3.51. The lowest BCUT2D eigenvalue weighted by Crippen LogP contribution is -2.00. The van der Waals surface area contributed by atoms with Crippen LogP contribution in [0.2, 0.25) is 5.02 Å². The van der Waals surface area contributed by atoms with Crippen LogP contribution in [0.1, 0.15) is 6.85 Å². The first-order valence-corrected chi connectivity index (χ1v) is 12.5. The maximum Gasteiger partial charge on any atom is 0.164 e. The van der Waals surface area contributed by atoms with Crippen molar-refractivity contribution in [3.8, 4) is 34.2 Å². The van der Waals surface area contributed by atoms with Crippen molar-refractivity contribution in [2.24, 2.45) is 0 Å². The second-order valence-electron chi connectivity index (χ2n) is 9.01. The Hall–Kier alpha value is -5.00. The number of furan rings is 2. The fourth-order valence-corrected chi connectivity index (χ4v) is 5.14. The van der Waals surface area contributed by atoms with Crippen LogP contribution in [-0.2, 0) is 0 Å². The summed E-state index contributed by atoms with van der Waals surface area (Å²) in [6, 6.07) is 22.0. The van der Waals surface area contributed by atoms with Crippen molar-refractivity contribution in [3.05, 3.63) is 114 Å². The minimum Gasteiger partial charge on any atom is -0.456 e. The molecule has 8 aromatic rings. The van der Waals surface area contributed by atoms with Crippen molar-refractivity contribution in [2.45, 2.75) is 0 Å². The minimum absolute atomic E-state index is 0.0670. The Morgan fingerprint density at radius 1 is 0.590 bits per heavy atom. The summed E-state index contributed by atoms with van der Waals surface area (Å²) in [5.74, 6) is 0.382. The van der Waals surface area contributed by atoms with Crippen molar-refractivity contribution >= 4 is 55.5 Å². The third-order valence-corrected chi connectivity index (χ3v) is 7.01. The number of para-hydroxylation sites is 2. The summed E-state index contributed by atoms with van der Waals surface area (Å²) in [5.41, 5.74) is 3.50. The molecule has 6 heteroatoms. The Bertz CT molecular complexity index is 2460. The predicted octanol–water partition coefficient (Wildman–Crippen LogP) is 9.32. The number of hydrogen-bond donors (Lipinski definition) is 0.